The van der Waals surface area contributed by atoms with Gasteiger partial charge in [0.05, 0.1) is 13.2 Å². The lowest BCUT2D eigenvalue weighted by Gasteiger charge is -2.22. The fraction of sp³-hybridized carbons (Fsp3) is 1.00. The monoisotopic (exact) mass is 274 g/mol. The van der Waals surface area contributed by atoms with E-state index in [-0.39, 0.29) is 4.75 Å². The van der Waals surface area contributed by atoms with Crippen molar-refractivity contribution in [1.29, 1.82) is 0 Å². The average molecular weight is 274 g/mol. The van der Waals surface area contributed by atoms with Crippen molar-refractivity contribution in [3.05, 3.63) is 0 Å². The van der Waals surface area contributed by atoms with E-state index in [2.05, 4.69) is 20.8 Å². The number of hydrogen-bond donors (Lipinski definition) is 0. The smallest absolute Gasteiger partial charge is 0.105 e. The molecule has 0 aromatic rings. The molecular weight excluding hydrogens is 244 g/mol. The molecule has 1 aliphatic rings. The Morgan fingerprint density at radius 3 is 2.33 bits per heavy atom. The van der Waals surface area contributed by atoms with Gasteiger partial charge in [0.15, 0.2) is 0 Å². The SMILES string of the molecule is CCCCCCCCCC(C)(C)SOCC1CO1. The quantitative estimate of drug-likeness (QED) is 0.285. The molecule has 1 heterocycles. The Labute approximate surface area is 117 Å². The lowest BCUT2D eigenvalue weighted by Crippen LogP contribution is -2.16. The summed E-state index contributed by atoms with van der Waals surface area (Å²) in [4.78, 5) is 0. The summed E-state index contributed by atoms with van der Waals surface area (Å²) in [5, 5.41) is 0. The van der Waals surface area contributed by atoms with Gasteiger partial charge in [-0.1, -0.05) is 51.9 Å². The maximum absolute atomic E-state index is 5.62. The minimum absolute atomic E-state index is 0.248. The van der Waals surface area contributed by atoms with Crippen molar-refractivity contribution in [2.24, 2.45) is 0 Å². The van der Waals surface area contributed by atoms with Crippen LogP contribution in [-0.4, -0.2) is 24.1 Å². The van der Waals surface area contributed by atoms with Crippen LogP contribution in [0.3, 0.4) is 0 Å². The summed E-state index contributed by atoms with van der Waals surface area (Å²) in [6, 6.07) is 0. The Morgan fingerprint density at radius 2 is 1.72 bits per heavy atom. The summed E-state index contributed by atoms with van der Waals surface area (Å²) in [5.41, 5.74) is 0. The first-order chi connectivity index (χ1) is 8.64. The van der Waals surface area contributed by atoms with Crippen LogP contribution in [0.25, 0.3) is 0 Å². The Hall–Kier alpha value is 0.270. The predicted octanol–water partition coefficient (Wildman–Crippen LogP) is 4.97. The molecule has 0 N–H and O–H groups in total. The minimum atomic E-state index is 0.248. The zero-order valence-corrected chi connectivity index (χ0v) is 13.2. The molecule has 1 atom stereocenters. The Kier molecular flexibility index (Phi) is 8.36. The molecule has 0 amide bonds. The second kappa shape index (κ2) is 9.22. The van der Waals surface area contributed by atoms with Gasteiger partial charge in [0.2, 0.25) is 0 Å². The summed E-state index contributed by atoms with van der Waals surface area (Å²) in [6.07, 6.45) is 11.3. The number of hydrogen-bond acceptors (Lipinski definition) is 3. The highest BCUT2D eigenvalue weighted by Crippen LogP contribution is 2.31. The average Bonchev–Trinajstić information content (AvgIpc) is 3.11. The maximum Gasteiger partial charge on any atom is 0.105 e. The molecular formula is C15H30O2S. The fourth-order valence-electron chi connectivity index (χ4n) is 1.98. The van der Waals surface area contributed by atoms with Crippen LogP contribution in [0.4, 0.5) is 0 Å². The summed E-state index contributed by atoms with van der Waals surface area (Å²) in [6.45, 7) is 8.47. The van der Waals surface area contributed by atoms with E-state index in [1.807, 2.05) is 0 Å². The van der Waals surface area contributed by atoms with Crippen molar-refractivity contribution in [2.75, 3.05) is 13.2 Å². The molecule has 0 saturated carbocycles. The number of rotatable bonds is 12. The van der Waals surface area contributed by atoms with E-state index >= 15 is 0 Å². The zero-order chi connectivity index (χ0) is 13.3. The van der Waals surface area contributed by atoms with Crippen molar-refractivity contribution in [3.63, 3.8) is 0 Å². The standard InChI is InChI=1S/C15H30O2S/c1-4-5-6-7-8-9-10-11-15(2,3)18-17-13-14-12-16-14/h14H,4-13H2,1-3H3. The van der Waals surface area contributed by atoms with Gasteiger partial charge in [-0.3, -0.25) is 0 Å². The summed E-state index contributed by atoms with van der Waals surface area (Å²) < 4.78 is 11.0. The predicted molar refractivity (Wildman–Crippen MR) is 80.0 cm³/mol. The molecule has 0 aromatic heterocycles. The zero-order valence-electron chi connectivity index (χ0n) is 12.4. The molecule has 3 heteroatoms. The fourth-order valence-corrected chi connectivity index (χ4v) is 2.75. The first kappa shape index (κ1) is 16.3. The minimum Gasteiger partial charge on any atom is -0.371 e. The third kappa shape index (κ3) is 9.23. The highest BCUT2D eigenvalue weighted by Gasteiger charge is 2.25. The van der Waals surface area contributed by atoms with E-state index in [9.17, 15) is 0 Å². The topological polar surface area (TPSA) is 21.8 Å². The second-order valence-corrected chi connectivity index (χ2v) is 7.46. The lowest BCUT2D eigenvalue weighted by atomic mass is 10.0. The van der Waals surface area contributed by atoms with Crippen LogP contribution < -0.4 is 0 Å². The van der Waals surface area contributed by atoms with Crippen LogP contribution in [0.15, 0.2) is 0 Å². The molecule has 2 nitrogen and oxygen atoms in total. The third-order valence-corrected chi connectivity index (χ3v) is 4.23. The highest BCUT2D eigenvalue weighted by atomic mass is 32.2. The van der Waals surface area contributed by atoms with E-state index < -0.39 is 0 Å². The van der Waals surface area contributed by atoms with Crippen molar-refractivity contribution in [2.45, 2.75) is 83.0 Å². The van der Waals surface area contributed by atoms with E-state index in [1.54, 1.807) is 12.0 Å². The largest absolute Gasteiger partial charge is 0.371 e. The van der Waals surface area contributed by atoms with Gasteiger partial charge >= 0.3 is 0 Å². The number of epoxide rings is 1. The first-order valence-corrected chi connectivity index (χ1v) is 8.30. The molecule has 0 spiro atoms. The van der Waals surface area contributed by atoms with Gasteiger partial charge in [-0.05, 0) is 32.3 Å². The van der Waals surface area contributed by atoms with Crippen LogP contribution in [0, 0.1) is 0 Å². The maximum atomic E-state index is 5.62. The molecule has 1 rings (SSSR count). The lowest BCUT2D eigenvalue weighted by molar-refractivity contribution is 0.290. The van der Waals surface area contributed by atoms with Crippen molar-refractivity contribution < 1.29 is 8.92 Å². The second-order valence-electron chi connectivity index (χ2n) is 5.95. The van der Waals surface area contributed by atoms with Gasteiger partial charge in [0.25, 0.3) is 0 Å². The van der Waals surface area contributed by atoms with Gasteiger partial charge < -0.3 is 8.92 Å². The van der Waals surface area contributed by atoms with Gasteiger partial charge in [-0.15, -0.1) is 0 Å². The van der Waals surface area contributed by atoms with Crippen LogP contribution >= 0.6 is 12.0 Å². The Morgan fingerprint density at radius 1 is 1.11 bits per heavy atom. The molecule has 1 fully saturated rings. The molecule has 18 heavy (non-hydrogen) atoms. The molecule has 1 unspecified atom stereocenters. The van der Waals surface area contributed by atoms with E-state index in [4.69, 9.17) is 8.92 Å². The summed E-state index contributed by atoms with van der Waals surface area (Å²) >= 11 is 1.64. The van der Waals surface area contributed by atoms with Crippen molar-refractivity contribution in [3.8, 4) is 0 Å². The third-order valence-electron chi connectivity index (χ3n) is 3.32. The van der Waals surface area contributed by atoms with Crippen LogP contribution in [-0.2, 0) is 8.92 Å². The summed E-state index contributed by atoms with van der Waals surface area (Å²) in [5.74, 6) is 0. The normalized spacial score (nSPS) is 19.2. The van der Waals surface area contributed by atoms with E-state index in [0.29, 0.717) is 6.10 Å². The van der Waals surface area contributed by atoms with Crippen LogP contribution in [0.1, 0.15) is 72.1 Å². The van der Waals surface area contributed by atoms with Crippen LogP contribution in [0.2, 0.25) is 0 Å². The van der Waals surface area contributed by atoms with Gasteiger partial charge in [-0.2, -0.15) is 0 Å². The van der Waals surface area contributed by atoms with E-state index in [0.717, 1.165) is 13.2 Å². The summed E-state index contributed by atoms with van der Waals surface area (Å²) in [7, 11) is 0. The van der Waals surface area contributed by atoms with Crippen molar-refractivity contribution in [1.82, 2.24) is 0 Å². The molecule has 1 saturated heterocycles. The Balaban J connectivity index is 1.88. The number of ether oxygens (including phenoxy) is 1. The van der Waals surface area contributed by atoms with Crippen molar-refractivity contribution >= 4 is 12.0 Å². The molecule has 0 aromatic carbocycles. The van der Waals surface area contributed by atoms with Gasteiger partial charge in [0.1, 0.15) is 6.10 Å². The molecule has 1 aliphatic heterocycles. The molecule has 0 bridgehead atoms. The molecule has 0 radical (unpaired) electrons. The molecule has 108 valence electrons. The van der Waals surface area contributed by atoms with E-state index in [1.165, 1.54) is 51.4 Å². The Bertz CT molecular complexity index is 203. The van der Waals surface area contributed by atoms with Gasteiger partial charge in [0, 0.05) is 4.75 Å². The number of unbranched alkanes of at least 4 members (excludes halogenated alkanes) is 6. The van der Waals surface area contributed by atoms with Gasteiger partial charge in [-0.25, -0.2) is 0 Å². The molecule has 0 aliphatic carbocycles. The first-order valence-electron chi connectivity index (χ1n) is 7.56. The highest BCUT2D eigenvalue weighted by molar-refractivity contribution is 7.96. The van der Waals surface area contributed by atoms with Crippen LogP contribution in [0.5, 0.6) is 0 Å².